The standard InChI is InChI=1S/C87H112N10O35/c1-50(2)73(91-70(99)18-23-119-25-27-121-29-31-123-33-35-125-37-38-126-36-34-124-32-30-122-28-26-120-24-19-88-69(98)17-20-92-71(100)15-16-72(92)101)79(106)89-53(5)78(105)90-56-12-9-54(10-13-56)48-129-86(113)95-59-44-67(65(117-6)42-57(59)80(107)93-46-51(3)39-62(93)82(95)109)127-21-8-22-128-68-45-60-58(43-66(68)118-7)81(108)94-47-52(4)40-63(94)83(110)96(60)87(114)130-49-55-11-14-64(61(41-55)97(115)116)131-85-76(104)74(102)75(103)77(132-85)84(111)112/h9-16,41-45,50,53,62-63,73-77,82-83,85,102-104,109-110H,3-4,8,17-40,46-49H2,1-2,5-7H3,(H,88,98)(H,89,106)(H,90,105)(H,91,99)(H,111,112)/t53-,62-,63-,73-,74-,75?,76?,77-,82-,83-,85+/m0/s1. The second-order valence-corrected chi connectivity index (χ2v) is 31.2. The Morgan fingerprint density at radius 1 is 0.538 bits per heavy atom. The molecule has 6 aliphatic heterocycles. The van der Waals surface area contributed by atoms with Crippen LogP contribution >= 0.6 is 0 Å². The Labute approximate surface area is 758 Å². The second kappa shape index (κ2) is 50.0. The summed E-state index contributed by atoms with van der Waals surface area (Å²) in [5.41, 5.74) is 0.650. The summed E-state index contributed by atoms with van der Waals surface area (Å²) in [5.74, 6) is -6.58. The molecule has 0 spiro atoms. The third-order valence-corrected chi connectivity index (χ3v) is 21.4. The van der Waals surface area contributed by atoms with E-state index >= 15 is 0 Å². The smallest absolute Gasteiger partial charge is 0.416 e. The number of benzene rings is 4. The van der Waals surface area contributed by atoms with E-state index in [1.807, 2.05) is 0 Å². The van der Waals surface area contributed by atoms with E-state index in [0.29, 0.717) is 102 Å². The van der Waals surface area contributed by atoms with E-state index in [2.05, 4.69) is 34.4 Å². The van der Waals surface area contributed by atoms with Crippen LogP contribution in [0.1, 0.15) is 84.7 Å². The Kier molecular flexibility index (Phi) is 38.6. The van der Waals surface area contributed by atoms with Crippen LogP contribution in [0.4, 0.5) is 32.3 Å². The molecule has 10 N–H and O–H groups in total. The summed E-state index contributed by atoms with van der Waals surface area (Å²) in [7, 11) is 2.63. The molecule has 10 rings (SSSR count). The van der Waals surface area contributed by atoms with Crippen molar-refractivity contribution in [3.05, 3.63) is 136 Å². The van der Waals surface area contributed by atoms with Crippen molar-refractivity contribution >= 4 is 88.2 Å². The van der Waals surface area contributed by atoms with Crippen LogP contribution in [0.2, 0.25) is 0 Å². The van der Waals surface area contributed by atoms with Crippen molar-refractivity contribution in [2.45, 2.75) is 133 Å². The number of fused-ring (bicyclic) bond motifs is 4. The Morgan fingerprint density at radius 3 is 1.46 bits per heavy atom. The summed E-state index contributed by atoms with van der Waals surface area (Å²) < 4.78 is 89.9. The second-order valence-electron chi connectivity index (χ2n) is 31.2. The summed E-state index contributed by atoms with van der Waals surface area (Å²) in [5, 5.41) is 87.7. The highest BCUT2D eigenvalue weighted by Gasteiger charge is 2.51. The third-order valence-electron chi connectivity index (χ3n) is 21.4. The number of methoxy groups -OCH3 is 2. The minimum atomic E-state index is -2.08. The Balaban J connectivity index is 0.623. The highest BCUT2D eigenvalue weighted by molar-refractivity contribution is 6.13. The fraction of sp³-hybridized carbons (Fsp3) is 0.529. The van der Waals surface area contributed by atoms with Gasteiger partial charge in [-0.25, -0.2) is 24.2 Å². The average molecular weight is 1860 g/mol. The molecule has 4 aromatic carbocycles. The molecule has 45 nitrogen and oxygen atoms in total. The number of nitrogens with one attached hydrogen (secondary N) is 4. The van der Waals surface area contributed by atoms with E-state index < -0.39 is 150 Å². The lowest BCUT2D eigenvalue weighted by molar-refractivity contribution is -0.387. The molecule has 0 radical (unpaired) electrons. The molecular weight excluding hydrogens is 1740 g/mol. The molecule has 132 heavy (non-hydrogen) atoms. The quantitative estimate of drug-likeness (QED) is 0.00990. The number of nitrogens with zero attached hydrogens (tertiary/aromatic N) is 6. The molecule has 2 unspecified atom stereocenters. The minimum Gasteiger partial charge on any atom is -0.493 e. The Bertz CT molecular complexity index is 4750. The van der Waals surface area contributed by atoms with Gasteiger partial charge < -0.3 is 137 Å². The summed E-state index contributed by atoms with van der Waals surface area (Å²) in [6.07, 6.45) is -13.5. The average Bonchev–Trinajstić information content (AvgIpc) is 1.60. The van der Waals surface area contributed by atoms with Crippen LogP contribution in [0.5, 0.6) is 28.7 Å². The number of aliphatic carboxylic acids is 1. The number of carboxylic acid groups (broad SMARTS) is 1. The van der Waals surface area contributed by atoms with Crippen LogP contribution in [-0.2, 0) is 98.9 Å². The number of rotatable bonds is 52. The molecule has 4 aromatic rings. The Hall–Kier alpha value is -12.1. The molecule has 0 aromatic heterocycles. The van der Waals surface area contributed by atoms with Gasteiger partial charge in [-0.1, -0.05) is 56.4 Å². The van der Waals surface area contributed by atoms with Crippen LogP contribution < -0.4 is 54.8 Å². The molecule has 3 fully saturated rings. The van der Waals surface area contributed by atoms with Crippen molar-refractivity contribution in [2.24, 2.45) is 5.92 Å². The van der Waals surface area contributed by atoms with Gasteiger partial charge in [-0.15, -0.1) is 0 Å². The van der Waals surface area contributed by atoms with Gasteiger partial charge in [0.25, 0.3) is 23.6 Å². The van der Waals surface area contributed by atoms with Gasteiger partial charge in [-0.3, -0.25) is 53.4 Å². The SMILES string of the molecule is C=C1C[C@H]2[C@H](O)N(C(=O)OCc3ccc(NC(=O)[C@H](C)NC(=O)[C@@H](NC(=O)CCOCCOCCOCCOCCOCCOCCOCCOCCNC(=O)CCN4C(=O)C=CC4=O)C(C)C)cc3)c3cc(OCCCOc4cc5c(cc4OC)C(=O)N4CC(=C)C[C@H]4[C@H](O)N5C(=O)OCc4ccc(O[C@@H]5O[C@H](C(=O)O)C(O)[C@H](O)C5O)c([N+](=O)[O-])c4)c(OC)cc3C(=O)N2C1. The van der Waals surface area contributed by atoms with Crippen LogP contribution in [0.15, 0.2) is 103 Å². The first-order valence-corrected chi connectivity index (χ1v) is 42.6. The van der Waals surface area contributed by atoms with Gasteiger partial charge in [0.15, 0.2) is 47.3 Å². The predicted molar refractivity (Wildman–Crippen MR) is 458 cm³/mol. The molecule has 6 aliphatic rings. The molecule has 10 amide bonds. The summed E-state index contributed by atoms with van der Waals surface area (Å²) in [6.45, 7) is 17.1. The maximum absolute atomic E-state index is 14.5. The zero-order valence-electron chi connectivity index (χ0n) is 73.6. The molecule has 0 aliphatic carbocycles. The summed E-state index contributed by atoms with van der Waals surface area (Å²) in [6, 6.07) is 10.6. The molecule has 6 heterocycles. The molecule has 45 heteroatoms. The van der Waals surface area contributed by atoms with Crippen LogP contribution in [0, 0.1) is 16.0 Å². The number of carbonyl (C=O) groups excluding carboxylic acids is 10. The predicted octanol–water partition coefficient (Wildman–Crippen LogP) is 1.76. The van der Waals surface area contributed by atoms with Gasteiger partial charge >= 0.3 is 23.8 Å². The van der Waals surface area contributed by atoms with Crippen molar-refractivity contribution in [1.82, 2.24) is 30.7 Å². The van der Waals surface area contributed by atoms with Gasteiger partial charge in [0.1, 0.15) is 43.6 Å². The van der Waals surface area contributed by atoms with Gasteiger partial charge in [0.2, 0.25) is 29.9 Å². The minimum absolute atomic E-state index is 0.0114. The number of imide groups is 1. The topological polar surface area (TPSA) is 564 Å². The fourth-order valence-corrected chi connectivity index (χ4v) is 14.5. The maximum Gasteiger partial charge on any atom is 0.416 e. The van der Waals surface area contributed by atoms with Gasteiger partial charge in [-0.05, 0) is 67.1 Å². The largest absolute Gasteiger partial charge is 0.493 e. The number of anilines is 3. The monoisotopic (exact) mass is 1860 g/mol. The summed E-state index contributed by atoms with van der Waals surface area (Å²) >= 11 is 0. The number of aliphatic hydroxyl groups excluding tert-OH is 5. The number of hydrogen-bond donors (Lipinski definition) is 10. The first-order chi connectivity index (χ1) is 63.4. The van der Waals surface area contributed by atoms with E-state index in [-0.39, 0.29) is 167 Å². The number of ether oxygens (including phenoxy) is 16. The number of nitro benzene ring substituents is 1. The molecule has 11 atom stereocenters. The molecular formula is C87H112N10O35. The van der Waals surface area contributed by atoms with E-state index in [1.54, 1.807) is 26.0 Å². The van der Waals surface area contributed by atoms with Crippen molar-refractivity contribution < 1.29 is 164 Å². The number of carbonyl (C=O) groups is 11. The van der Waals surface area contributed by atoms with Crippen LogP contribution in [0.25, 0.3) is 0 Å². The molecule has 0 saturated carbocycles. The molecule has 720 valence electrons. The number of aliphatic hydroxyl groups is 5. The highest BCUT2D eigenvalue weighted by Crippen LogP contribution is 2.45. The first-order valence-electron chi connectivity index (χ1n) is 42.6. The maximum atomic E-state index is 14.5. The summed E-state index contributed by atoms with van der Waals surface area (Å²) in [4.78, 5) is 161. The van der Waals surface area contributed by atoms with E-state index in [0.717, 1.165) is 26.8 Å². The molecule has 3 saturated heterocycles. The van der Waals surface area contributed by atoms with Crippen molar-refractivity contribution in [2.75, 3.05) is 174 Å². The lowest BCUT2D eigenvalue weighted by Gasteiger charge is -2.38. The van der Waals surface area contributed by atoms with E-state index in [4.69, 9.17) is 75.8 Å². The number of hydrogen-bond acceptors (Lipinski definition) is 34. The van der Waals surface area contributed by atoms with Crippen molar-refractivity contribution in [3.63, 3.8) is 0 Å². The third kappa shape index (κ3) is 27.8. The first kappa shape index (κ1) is 102. The van der Waals surface area contributed by atoms with Gasteiger partial charge in [0.05, 0.1) is 173 Å². The van der Waals surface area contributed by atoms with Crippen molar-refractivity contribution in [3.8, 4) is 28.7 Å². The Morgan fingerprint density at radius 2 is 1.00 bits per heavy atom. The lowest BCUT2D eigenvalue weighted by atomic mass is 9.99. The number of amides is 10. The van der Waals surface area contributed by atoms with Gasteiger partial charge in [0, 0.05) is 81.5 Å². The number of nitro groups is 1. The zero-order valence-corrected chi connectivity index (χ0v) is 73.6. The van der Waals surface area contributed by atoms with E-state index in [9.17, 15) is 93.5 Å². The lowest BCUT2D eigenvalue weighted by Crippen LogP contribution is -2.61. The normalized spacial score (nSPS) is 20.2. The fourth-order valence-electron chi connectivity index (χ4n) is 14.5. The molecule has 0 bridgehead atoms. The zero-order chi connectivity index (χ0) is 95.2. The highest BCUT2D eigenvalue weighted by atomic mass is 16.7. The van der Waals surface area contributed by atoms with Crippen LogP contribution in [-0.4, -0.2) is 342 Å². The number of carboxylic acids is 1. The van der Waals surface area contributed by atoms with Crippen LogP contribution in [0.3, 0.4) is 0 Å². The van der Waals surface area contributed by atoms with Gasteiger partial charge in [-0.2, -0.15) is 0 Å². The van der Waals surface area contributed by atoms with E-state index in [1.165, 1.54) is 85.6 Å². The van der Waals surface area contributed by atoms with Crippen molar-refractivity contribution in [1.29, 1.82) is 0 Å².